The predicted octanol–water partition coefficient (Wildman–Crippen LogP) is 3.09. The largest absolute Gasteiger partial charge is 0.353 e. The van der Waals surface area contributed by atoms with Crippen LogP contribution in [0, 0.1) is 5.82 Å². The SMILES string of the molecule is CN(C)C(CNC(=O)C(N)c1ccccc1)c1cccc(F)c1.Cl.Cl. The molecule has 0 aliphatic heterocycles. The highest BCUT2D eigenvalue weighted by molar-refractivity contribution is 5.85. The summed E-state index contributed by atoms with van der Waals surface area (Å²) in [5.41, 5.74) is 7.55. The third kappa shape index (κ3) is 6.63. The van der Waals surface area contributed by atoms with Crippen LogP contribution in [0.4, 0.5) is 4.39 Å². The zero-order valence-corrected chi connectivity index (χ0v) is 15.8. The van der Waals surface area contributed by atoms with E-state index in [1.807, 2.05) is 55.4 Å². The fraction of sp³-hybridized carbons (Fsp3) is 0.278. The Balaban J connectivity index is 0.00000288. The first kappa shape index (κ1) is 23.3. The molecule has 0 spiro atoms. The Bertz CT molecular complexity index is 656. The number of likely N-dealkylation sites (N-methyl/N-ethyl adjacent to an activating group) is 1. The summed E-state index contributed by atoms with van der Waals surface area (Å²) >= 11 is 0. The van der Waals surface area contributed by atoms with Gasteiger partial charge in [0.05, 0.1) is 6.04 Å². The molecule has 7 heteroatoms. The number of nitrogens with two attached hydrogens (primary N) is 1. The normalized spacial score (nSPS) is 12.5. The van der Waals surface area contributed by atoms with Gasteiger partial charge in [-0.2, -0.15) is 0 Å². The number of amides is 1. The summed E-state index contributed by atoms with van der Waals surface area (Å²) in [5.74, 6) is -0.541. The first-order valence-corrected chi connectivity index (χ1v) is 7.49. The van der Waals surface area contributed by atoms with Crippen molar-refractivity contribution in [1.82, 2.24) is 10.2 Å². The minimum atomic E-state index is -0.716. The Labute approximate surface area is 160 Å². The number of benzene rings is 2. The maximum absolute atomic E-state index is 13.4. The number of nitrogens with zero attached hydrogens (tertiary/aromatic N) is 1. The molecule has 0 fully saturated rings. The quantitative estimate of drug-likeness (QED) is 0.800. The molecule has 25 heavy (non-hydrogen) atoms. The number of hydrogen-bond donors (Lipinski definition) is 2. The van der Waals surface area contributed by atoms with Crippen LogP contribution in [0.1, 0.15) is 23.2 Å². The lowest BCUT2D eigenvalue weighted by molar-refractivity contribution is -0.122. The second kappa shape index (κ2) is 11.1. The zero-order valence-electron chi connectivity index (χ0n) is 14.2. The van der Waals surface area contributed by atoms with Crippen molar-refractivity contribution in [3.05, 3.63) is 71.5 Å². The minimum absolute atomic E-state index is 0. The van der Waals surface area contributed by atoms with Gasteiger partial charge in [-0.3, -0.25) is 4.79 Å². The van der Waals surface area contributed by atoms with Gasteiger partial charge in [-0.15, -0.1) is 24.8 Å². The number of carbonyl (C=O) groups excluding carboxylic acids is 1. The zero-order chi connectivity index (χ0) is 16.8. The average molecular weight is 388 g/mol. The molecule has 2 atom stereocenters. The number of halogens is 3. The van der Waals surface area contributed by atoms with E-state index in [-0.39, 0.29) is 42.6 Å². The van der Waals surface area contributed by atoms with Gasteiger partial charge in [0, 0.05) is 6.54 Å². The Kier molecular flexibility index (Phi) is 10.3. The van der Waals surface area contributed by atoms with E-state index >= 15 is 0 Å². The maximum atomic E-state index is 13.4. The summed E-state index contributed by atoms with van der Waals surface area (Å²) in [4.78, 5) is 14.2. The van der Waals surface area contributed by atoms with Crippen LogP contribution >= 0.6 is 24.8 Å². The second-order valence-electron chi connectivity index (χ2n) is 5.67. The molecule has 138 valence electrons. The number of nitrogens with one attached hydrogen (secondary N) is 1. The predicted molar refractivity (Wildman–Crippen MR) is 104 cm³/mol. The van der Waals surface area contributed by atoms with E-state index in [0.717, 1.165) is 11.1 Å². The van der Waals surface area contributed by atoms with E-state index in [4.69, 9.17) is 5.73 Å². The van der Waals surface area contributed by atoms with Crippen molar-refractivity contribution >= 4 is 30.7 Å². The summed E-state index contributed by atoms with van der Waals surface area (Å²) in [6, 6.07) is 14.8. The van der Waals surface area contributed by atoms with E-state index in [9.17, 15) is 9.18 Å². The summed E-state index contributed by atoms with van der Waals surface area (Å²) in [6.07, 6.45) is 0. The molecule has 2 aromatic carbocycles. The van der Waals surface area contributed by atoms with Crippen LogP contribution in [-0.4, -0.2) is 31.4 Å². The molecule has 0 radical (unpaired) electrons. The molecule has 0 saturated heterocycles. The fourth-order valence-corrected chi connectivity index (χ4v) is 2.43. The van der Waals surface area contributed by atoms with Crippen molar-refractivity contribution in [3.8, 4) is 0 Å². The van der Waals surface area contributed by atoms with Gasteiger partial charge in [-0.25, -0.2) is 4.39 Å². The van der Waals surface area contributed by atoms with Gasteiger partial charge in [0.25, 0.3) is 0 Å². The van der Waals surface area contributed by atoms with E-state index in [1.54, 1.807) is 6.07 Å². The van der Waals surface area contributed by atoms with Crippen LogP contribution in [0.3, 0.4) is 0 Å². The van der Waals surface area contributed by atoms with Crippen LogP contribution in [0.15, 0.2) is 54.6 Å². The molecule has 3 N–H and O–H groups in total. The third-order valence-corrected chi connectivity index (χ3v) is 3.77. The summed E-state index contributed by atoms with van der Waals surface area (Å²) in [5, 5.41) is 2.85. The van der Waals surface area contributed by atoms with Gasteiger partial charge in [-0.05, 0) is 37.4 Å². The molecule has 0 aromatic heterocycles. The smallest absolute Gasteiger partial charge is 0.241 e. The lowest BCUT2D eigenvalue weighted by Gasteiger charge is -2.26. The Hall–Kier alpha value is -1.66. The summed E-state index contributed by atoms with van der Waals surface area (Å²) < 4.78 is 13.4. The van der Waals surface area contributed by atoms with Crippen molar-refractivity contribution in [1.29, 1.82) is 0 Å². The van der Waals surface area contributed by atoms with Crippen LogP contribution in [-0.2, 0) is 4.79 Å². The van der Waals surface area contributed by atoms with Crippen molar-refractivity contribution in [2.45, 2.75) is 12.1 Å². The Morgan fingerprint density at radius 1 is 1.08 bits per heavy atom. The molecular weight excluding hydrogens is 364 g/mol. The molecule has 2 aromatic rings. The highest BCUT2D eigenvalue weighted by atomic mass is 35.5. The molecule has 0 bridgehead atoms. The van der Waals surface area contributed by atoms with Crippen LogP contribution < -0.4 is 11.1 Å². The van der Waals surface area contributed by atoms with Gasteiger partial charge in [0.1, 0.15) is 11.9 Å². The van der Waals surface area contributed by atoms with Crippen LogP contribution in [0.25, 0.3) is 0 Å². The van der Waals surface area contributed by atoms with Crippen molar-refractivity contribution in [2.75, 3.05) is 20.6 Å². The van der Waals surface area contributed by atoms with Gasteiger partial charge < -0.3 is 16.0 Å². The fourth-order valence-electron chi connectivity index (χ4n) is 2.43. The molecule has 0 aliphatic carbocycles. The molecule has 2 unspecified atom stereocenters. The first-order valence-electron chi connectivity index (χ1n) is 7.49. The topological polar surface area (TPSA) is 58.4 Å². The van der Waals surface area contributed by atoms with E-state index in [1.165, 1.54) is 12.1 Å². The van der Waals surface area contributed by atoms with Crippen molar-refractivity contribution in [2.24, 2.45) is 5.73 Å². The molecule has 1 amide bonds. The third-order valence-electron chi connectivity index (χ3n) is 3.77. The monoisotopic (exact) mass is 387 g/mol. The van der Waals surface area contributed by atoms with Gasteiger partial charge >= 0.3 is 0 Å². The van der Waals surface area contributed by atoms with Crippen LogP contribution in [0.5, 0.6) is 0 Å². The average Bonchev–Trinajstić information content (AvgIpc) is 2.54. The van der Waals surface area contributed by atoms with E-state index < -0.39 is 6.04 Å². The standard InChI is InChI=1S/C18H22FN3O.2ClH/c1-22(2)16(14-9-6-10-15(19)11-14)12-21-18(23)17(20)13-7-4-3-5-8-13;;/h3-11,16-17H,12,20H2,1-2H3,(H,21,23);2*1H. The van der Waals surface area contributed by atoms with E-state index in [2.05, 4.69) is 5.32 Å². The van der Waals surface area contributed by atoms with Crippen molar-refractivity contribution in [3.63, 3.8) is 0 Å². The summed E-state index contributed by atoms with van der Waals surface area (Å²) in [6.45, 7) is 0.357. The lowest BCUT2D eigenvalue weighted by Crippen LogP contribution is -2.39. The number of carbonyl (C=O) groups is 1. The Morgan fingerprint density at radius 2 is 1.68 bits per heavy atom. The Morgan fingerprint density at radius 3 is 2.24 bits per heavy atom. The molecule has 0 saturated carbocycles. The molecule has 4 nitrogen and oxygen atoms in total. The second-order valence-corrected chi connectivity index (χ2v) is 5.67. The minimum Gasteiger partial charge on any atom is -0.353 e. The van der Waals surface area contributed by atoms with Gasteiger partial charge in [0.15, 0.2) is 0 Å². The van der Waals surface area contributed by atoms with Crippen molar-refractivity contribution < 1.29 is 9.18 Å². The summed E-state index contributed by atoms with van der Waals surface area (Å²) in [7, 11) is 3.78. The lowest BCUT2D eigenvalue weighted by atomic mass is 10.0. The molecule has 0 aliphatic rings. The molecule has 2 rings (SSSR count). The van der Waals surface area contributed by atoms with Crippen LogP contribution in [0.2, 0.25) is 0 Å². The van der Waals surface area contributed by atoms with E-state index in [0.29, 0.717) is 6.54 Å². The van der Waals surface area contributed by atoms with Gasteiger partial charge in [0.2, 0.25) is 5.91 Å². The number of rotatable bonds is 6. The highest BCUT2D eigenvalue weighted by Gasteiger charge is 2.19. The molecular formula is C18H24Cl2FN3O. The first-order chi connectivity index (χ1) is 11.0. The maximum Gasteiger partial charge on any atom is 0.241 e. The molecule has 0 heterocycles. The highest BCUT2D eigenvalue weighted by Crippen LogP contribution is 2.18. The number of hydrogen-bond acceptors (Lipinski definition) is 3. The van der Waals surface area contributed by atoms with Gasteiger partial charge in [-0.1, -0.05) is 42.5 Å².